The summed E-state index contributed by atoms with van der Waals surface area (Å²) in [7, 11) is 0. The molecule has 2 aliphatic rings. The van der Waals surface area contributed by atoms with Gasteiger partial charge in [0, 0.05) is 29.1 Å². The summed E-state index contributed by atoms with van der Waals surface area (Å²) < 4.78 is 5.28. The van der Waals surface area contributed by atoms with E-state index >= 15 is 0 Å². The average molecular weight is 256 g/mol. The van der Waals surface area contributed by atoms with Crippen LogP contribution >= 0.6 is 0 Å². The van der Waals surface area contributed by atoms with Crippen LogP contribution in [0, 0.1) is 0 Å². The summed E-state index contributed by atoms with van der Waals surface area (Å²) in [6.45, 7) is 0. The van der Waals surface area contributed by atoms with Crippen LogP contribution in [0.1, 0.15) is 29.6 Å². The molecule has 0 spiro atoms. The molecule has 98 valence electrons. The number of amides is 1. The third-order valence-corrected chi connectivity index (χ3v) is 4.33. The van der Waals surface area contributed by atoms with Crippen LogP contribution in [0.5, 0.6) is 0 Å². The second-order valence-corrected chi connectivity index (χ2v) is 5.54. The Morgan fingerprint density at radius 3 is 3.05 bits per heavy atom. The van der Waals surface area contributed by atoms with E-state index in [2.05, 4.69) is 10.6 Å². The average Bonchev–Trinajstić information content (AvgIpc) is 3.13. The normalized spacial score (nSPS) is 28.9. The molecule has 4 rings (SSSR count). The molecule has 2 aromatic rings. The van der Waals surface area contributed by atoms with Gasteiger partial charge < -0.3 is 15.1 Å². The molecule has 2 saturated heterocycles. The first-order valence-corrected chi connectivity index (χ1v) is 6.84. The number of furan rings is 1. The maximum atomic E-state index is 12.3. The van der Waals surface area contributed by atoms with E-state index in [9.17, 15) is 4.79 Å². The Bertz CT molecular complexity index is 634. The van der Waals surface area contributed by atoms with E-state index in [-0.39, 0.29) is 11.9 Å². The molecule has 4 nitrogen and oxygen atoms in total. The van der Waals surface area contributed by atoms with Gasteiger partial charge >= 0.3 is 0 Å². The van der Waals surface area contributed by atoms with E-state index in [0.29, 0.717) is 17.6 Å². The molecule has 2 N–H and O–H groups in total. The smallest absolute Gasteiger partial charge is 0.251 e. The standard InChI is InChI=1S/C15H16N2O2/c18-15(17-13-8-11-2-3-12(13)16-11)10-1-4-14-9(7-10)5-6-19-14/h1,4-7,11-13,16H,2-3,8H2,(H,17,18)/t11-,12+,13-/m1/s1. The first-order chi connectivity index (χ1) is 9.29. The number of rotatable bonds is 2. The van der Waals surface area contributed by atoms with Gasteiger partial charge in [0.1, 0.15) is 5.58 Å². The van der Waals surface area contributed by atoms with E-state index < -0.39 is 0 Å². The molecule has 0 unspecified atom stereocenters. The Morgan fingerprint density at radius 2 is 2.26 bits per heavy atom. The minimum atomic E-state index is 0.0162. The highest BCUT2D eigenvalue weighted by Crippen LogP contribution is 2.28. The van der Waals surface area contributed by atoms with E-state index in [1.165, 1.54) is 12.8 Å². The lowest BCUT2D eigenvalue weighted by Gasteiger charge is -2.21. The van der Waals surface area contributed by atoms with Crippen molar-refractivity contribution >= 4 is 16.9 Å². The summed E-state index contributed by atoms with van der Waals surface area (Å²) in [5.74, 6) is 0.0162. The van der Waals surface area contributed by atoms with Crippen molar-refractivity contribution in [2.75, 3.05) is 0 Å². The van der Waals surface area contributed by atoms with Crippen molar-refractivity contribution in [2.45, 2.75) is 37.4 Å². The zero-order chi connectivity index (χ0) is 12.8. The van der Waals surface area contributed by atoms with Crippen molar-refractivity contribution in [1.29, 1.82) is 0 Å². The van der Waals surface area contributed by atoms with Crippen LogP contribution in [0.25, 0.3) is 11.0 Å². The van der Waals surface area contributed by atoms with Gasteiger partial charge in [-0.25, -0.2) is 0 Å². The minimum absolute atomic E-state index is 0.0162. The Balaban J connectivity index is 1.53. The molecule has 19 heavy (non-hydrogen) atoms. The molecule has 0 radical (unpaired) electrons. The highest BCUT2D eigenvalue weighted by Gasteiger charge is 2.39. The summed E-state index contributed by atoms with van der Waals surface area (Å²) >= 11 is 0. The lowest BCUT2D eigenvalue weighted by atomic mass is 9.95. The van der Waals surface area contributed by atoms with Gasteiger partial charge in [-0.2, -0.15) is 0 Å². The summed E-state index contributed by atoms with van der Waals surface area (Å²) in [4.78, 5) is 12.3. The van der Waals surface area contributed by atoms with Crippen LogP contribution < -0.4 is 10.6 Å². The highest BCUT2D eigenvalue weighted by molar-refractivity contribution is 5.97. The monoisotopic (exact) mass is 256 g/mol. The van der Waals surface area contributed by atoms with Gasteiger partial charge in [0.2, 0.25) is 0 Å². The number of carbonyl (C=O) groups excluding carboxylic acids is 1. The second kappa shape index (κ2) is 4.10. The van der Waals surface area contributed by atoms with E-state index in [4.69, 9.17) is 4.42 Å². The molecule has 2 fully saturated rings. The molecule has 3 heterocycles. The minimum Gasteiger partial charge on any atom is -0.464 e. The van der Waals surface area contributed by atoms with Crippen LogP contribution in [0.3, 0.4) is 0 Å². The summed E-state index contributed by atoms with van der Waals surface area (Å²) in [6.07, 6.45) is 5.13. The lowest BCUT2D eigenvalue weighted by molar-refractivity contribution is 0.0931. The van der Waals surface area contributed by atoms with Crippen molar-refractivity contribution in [3.63, 3.8) is 0 Å². The van der Waals surface area contributed by atoms with Crippen LogP contribution in [0.4, 0.5) is 0 Å². The SMILES string of the molecule is O=C(N[C@@H]1C[C@H]2CC[C@@H]1N2)c1ccc2occc2c1. The van der Waals surface area contributed by atoms with E-state index in [1.807, 2.05) is 24.3 Å². The van der Waals surface area contributed by atoms with Crippen LogP contribution in [0.2, 0.25) is 0 Å². The first-order valence-electron chi connectivity index (χ1n) is 6.84. The Hall–Kier alpha value is -1.81. The quantitative estimate of drug-likeness (QED) is 0.864. The molecule has 3 atom stereocenters. The van der Waals surface area contributed by atoms with Crippen molar-refractivity contribution in [1.82, 2.24) is 10.6 Å². The first kappa shape index (κ1) is 11.1. The van der Waals surface area contributed by atoms with Crippen molar-refractivity contribution in [2.24, 2.45) is 0 Å². The summed E-state index contributed by atoms with van der Waals surface area (Å²) in [5.41, 5.74) is 1.52. The molecular weight excluding hydrogens is 240 g/mol. The zero-order valence-corrected chi connectivity index (χ0v) is 10.6. The molecular formula is C15H16N2O2. The summed E-state index contributed by atoms with van der Waals surface area (Å²) in [6, 6.07) is 8.79. The van der Waals surface area contributed by atoms with Gasteiger partial charge in [0.05, 0.1) is 6.26 Å². The van der Waals surface area contributed by atoms with Gasteiger partial charge in [0.15, 0.2) is 0 Å². The highest BCUT2D eigenvalue weighted by atomic mass is 16.3. The predicted molar refractivity (Wildman–Crippen MR) is 72.0 cm³/mol. The maximum Gasteiger partial charge on any atom is 0.251 e. The van der Waals surface area contributed by atoms with Gasteiger partial charge in [-0.3, -0.25) is 4.79 Å². The van der Waals surface area contributed by atoms with E-state index in [0.717, 1.165) is 17.4 Å². The molecule has 4 heteroatoms. The fraction of sp³-hybridized carbons (Fsp3) is 0.400. The molecule has 1 aromatic carbocycles. The predicted octanol–water partition coefficient (Wildman–Crippen LogP) is 2.06. The Labute approximate surface area is 111 Å². The number of fused-ring (bicyclic) bond motifs is 3. The molecule has 1 aromatic heterocycles. The number of nitrogens with one attached hydrogen (secondary N) is 2. The topological polar surface area (TPSA) is 54.3 Å². The molecule has 1 amide bonds. The molecule has 2 aliphatic heterocycles. The Kier molecular flexibility index (Phi) is 2.38. The fourth-order valence-corrected chi connectivity index (χ4v) is 3.34. The third-order valence-electron chi connectivity index (χ3n) is 4.33. The largest absolute Gasteiger partial charge is 0.464 e. The number of benzene rings is 1. The second-order valence-electron chi connectivity index (χ2n) is 5.54. The van der Waals surface area contributed by atoms with Crippen molar-refractivity contribution < 1.29 is 9.21 Å². The number of hydrogen-bond donors (Lipinski definition) is 2. The van der Waals surface area contributed by atoms with Crippen LogP contribution in [-0.2, 0) is 0 Å². The van der Waals surface area contributed by atoms with E-state index in [1.54, 1.807) is 6.26 Å². The number of hydrogen-bond acceptors (Lipinski definition) is 3. The van der Waals surface area contributed by atoms with Crippen LogP contribution in [-0.4, -0.2) is 24.0 Å². The number of carbonyl (C=O) groups is 1. The molecule has 2 bridgehead atoms. The summed E-state index contributed by atoms with van der Waals surface area (Å²) in [5, 5.41) is 7.65. The van der Waals surface area contributed by atoms with Gasteiger partial charge in [-0.1, -0.05) is 0 Å². The van der Waals surface area contributed by atoms with Gasteiger partial charge in [-0.05, 0) is 43.5 Å². The van der Waals surface area contributed by atoms with Crippen molar-refractivity contribution in [3.8, 4) is 0 Å². The van der Waals surface area contributed by atoms with Crippen molar-refractivity contribution in [3.05, 3.63) is 36.1 Å². The maximum absolute atomic E-state index is 12.3. The fourth-order valence-electron chi connectivity index (χ4n) is 3.34. The van der Waals surface area contributed by atoms with Gasteiger partial charge in [0.25, 0.3) is 5.91 Å². The lowest BCUT2D eigenvalue weighted by Crippen LogP contribution is -2.42. The van der Waals surface area contributed by atoms with Gasteiger partial charge in [-0.15, -0.1) is 0 Å². The Morgan fingerprint density at radius 1 is 1.32 bits per heavy atom. The third kappa shape index (κ3) is 1.83. The van der Waals surface area contributed by atoms with Crippen LogP contribution in [0.15, 0.2) is 34.9 Å². The zero-order valence-electron chi connectivity index (χ0n) is 10.6. The molecule has 0 saturated carbocycles. The molecule has 0 aliphatic carbocycles.